The molecule has 1 aromatic rings. The lowest BCUT2D eigenvalue weighted by atomic mass is 9.89. The lowest BCUT2D eigenvalue weighted by Crippen LogP contribution is -2.53. The van der Waals surface area contributed by atoms with Gasteiger partial charge in [-0.2, -0.15) is 0 Å². The third kappa shape index (κ3) is 4.89. The third-order valence-corrected chi connectivity index (χ3v) is 5.57. The molecule has 0 unspecified atom stereocenters. The summed E-state index contributed by atoms with van der Waals surface area (Å²) in [5.74, 6) is 0.155. The molecule has 2 fully saturated rings. The first-order valence-electron chi connectivity index (χ1n) is 9.87. The first kappa shape index (κ1) is 19.9. The molecular weight excluding hydrogens is 344 g/mol. The predicted octanol–water partition coefficient (Wildman–Crippen LogP) is 2.08. The molecular formula is C20H32N4O3. The molecule has 2 amide bonds. The molecule has 0 aliphatic carbocycles. The van der Waals surface area contributed by atoms with Crippen LogP contribution in [0.2, 0.25) is 0 Å². The van der Waals surface area contributed by atoms with Crippen molar-refractivity contribution in [2.75, 3.05) is 32.8 Å². The number of likely N-dealkylation sites (tertiary alicyclic amines) is 1. The monoisotopic (exact) mass is 376 g/mol. The van der Waals surface area contributed by atoms with Crippen molar-refractivity contribution in [2.24, 2.45) is 12.5 Å². The number of ether oxygens (including phenoxy) is 1. The maximum absolute atomic E-state index is 12.6. The fourth-order valence-corrected chi connectivity index (χ4v) is 3.77. The molecule has 27 heavy (non-hydrogen) atoms. The Morgan fingerprint density at radius 1 is 1.30 bits per heavy atom. The van der Waals surface area contributed by atoms with Crippen LogP contribution >= 0.6 is 0 Å². The standard InChI is InChI=1S/C20H32N4O3/c1-19(2,3)6-9-24-14-20(27-12-5-17(24)25)7-10-23(11-8-20)18(26)16-13-22(4)15-21-16/h13,15H,5-12,14H2,1-4H3. The first-order valence-corrected chi connectivity index (χ1v) is 9.87. The Kier molecular flexibility index (Phi) is 5.60. The zero-order valence-electron chi connectivity index (χ0n) is 17.0. The number of aromatic nitrogens is 2. The van der Waals surface area contributed by atoms with E-state index in [2.05, 4.69) is 25.8 Å². The van der Waals surface area contributed by atoms with Crippen LogP contribution in [0.15, 0.2) is 12.5 Å². The summed E-state index contributed by atoms with van der Waals surface area (Å²) in [6, 6.07) is 0. The molecule has 2 saturated heterocycles. The van der Waals surface area contributed by atoms with Crippen molar-refractivity contribution in [1.29, 1.82) is 0 Å². The smallest absolute Gasteiger partial charge is 0.274 e. The van der Waals surface area contributed by atoms with Crippen LogP contribution in [-0.2, 0) is 16.6 Å². The summed E-state index contributed by atoms with van der Waals surface area (Å²) in [4.78, 5) is 33.1. The van der Waals surface area contributed by atoms with Crippen molar-refractivity contribution < 1.29 is 14.3 Å². The minimum absolute atomic E-state index is 0.0280. The second-order valence-corrected chi connectivity index (χ2v) is 9.12. The summed E-state index contributed by atoms with van der Waals surface area (Å²) >= 11 is 0. The summed E-state index contributed by atoms with van der Waals surface area (Å²) in [7, 11) is 1.86. The SMILES string of the molecule is Cn1cnc(C(=O)N2CCC3(CC2)CN(CCC(C)(C)C)C(=O)CCO3)c1. The summed E-state index contributed by atoms with van der Waals surface area (Å²) in [5.41, 5.74) is 0.349. The molecule has 0 saturated carbocycles. The van der Waals surface area contributed by atoms with Crippen LogP contribution in [0.25, 0.3) is 0 Å². The van der Waals surface area contributed by atoms with E-state index in [4.69, 9.17) is 4.74 Å². The summed E-state index contributed by atoms with van der Waals surface area (Å²) in [6.07, 6.45) is 6.32. The van der Waals surface area contributed by atoms with E-state index in [1.165, 1.54) is 0 Å². The van der Waals surface area contributed by atoms with Gasteiger partial charge in [-0.25, -0.2) is 4.98 Å². The zero-order chi connectivity index (χ0) is 19.7. The molecule has 7 heteroatoms. The molecule has 0 aromatic carbocycles. The molecule has 0 atom stereocenters. The van der Waals surface area contributed by atoms with Gasteiger partial charge < -0.3 is 19.1 Å². The van der Waals surface area contributed by atoms with Crippen LogP contribution in [-0.4, -0.2) is 69.6 Å². The van der Waals surface area contributed by atoms with Crippen LogP contribution < -0.4 is 0 Å². The minimum atomic E-state index is -0.328. The first-order chi connectivity index (χ1) is 12.7. The number of piperidine rings is 1. The zero-order valence-corrected chi connectivity index (χ0v) is 17.0. The Bertz CT molecular complexity index is 684. The second-order valence-electron chi connectivity index (χ2n) is 9.12. The number of imidazole rings is 1. The van der Waals surface area contributed by atoms with Crippen LogP contribution in [0.3, 0.4) is 0 Å². The van der Waals surface area contributed by atoms with Gasteiger partial charge in [0.15, 0.2) is 0 Å². The van der Waals surface area contributed by atoms with Crippen molar-refractivity contribution in [3.63, 3.8) is 0 Å². The quantitative estimate of drug-likeness (QED) is 0.810. The van der Waals surface area contributed by atoms with Crippen molar-refractivity contribution in [2.45, 2.75) is 52.1 Å². The van der Waals surface area contributed by atoms with Crippen LogP contribution in [0.1, 0.15) is 56.9 Å². The molecule has 7 nitrogen and oxygen atoms in total. The van der Waals surface area contributed by atoms with Gasteiger partial charge in [-0.3, -0.25) is 9.59 Å². The normalized spacial score (nSPS) is 20.8. The Hall–Kier alpha value is -1.89. The fraction of sp³-hybridized carbons (Fsp3) is 0.750. The van der Waals surface area contributed by atoms with Gasteiger partial charge in [0.25, 0.3) is 5.91 Å². The van der Waals surface area contributed by atoms with E-state index >= 15 is 0 Å². The maximum Gasteiger partial charge on any atom is 0.274 e. The van der Waals surface area contributed by atoms with Crippen LogP contribution in [0.4, 0.5) is 0 Å². The van der Waals surface area contributed by atoms with E-state index < -0.39 is 0 Å². The van der Waals surface area contributed by atoms with Crippen molar-refractivity contribution >= 4 is 11.8 Å². The van der Waals surface area contributed by atoms with Gasteiger partial charge >= 0.3 is 0 Å². The molecule has 1 aromatic heterocycles. The van der Waals surface area contributed by atoms with Crippen LogP contribution in [0.5, 0.6) is 0 Å². The molecule has 2 aliphatic rings. The average Bonchev–Trinajstić information content (AvgIpc) is 2.97. The second kappa shape index (κ2) is 7.62. The van der Waals surface area contributed by atoms with Gasteiger partial charge in [0, 0.05) is 39.4 Å². The van der Waals surface area contributed by atoms with Crippen molar-refractivity contribution in [3.05, 3.63) is 18.2 Å². The van der Waals surface area contributed by atoms with Crippen molar-refractivity contribution in [3.8, 4) is 0 Å². The number of aryl methyl sites for hydroxylation is 1. The highest BCUT2D eigenvalue weighted by Crippen LogP contribution is 2.31. The molecule has 0 N–H and O–H groups in total. The highest BCUT2D eigenvalue weighted by molar-refractivity contribution is 5.92. The summed E-state index contributed by atoms with van der Waals surface area (Å²) in [5, 5.41) is 0. The molecule has 1 spiro atoms. The van der Waals surface area contributed by atoms with Gasteiger partial charge in [0.2, 0.25) is 5.91 Å². The number of hydrogen-bond donors (Lipinski definition) is 0. The molecule has 0 bridgehead atoms. The molecule has 0 radical (unpaired) electrons. The van der Waals surface area contributed by atoms with E-state index in [-0.39, 0.29) is 22.8 Å². The highest BCUT2D eigenvalue weighted by Gasteiger charge is 2.41. The summed E-state index contributed by atoms with van der Waals surface area (Å²) < 4.78 is 7.97. The van der Waals surface area contributed by atoms with Gasteiger partial charge in [-0.05, 0) is 24.7 Å². The van der Waals surface area contributed by atoms with Crippen molar-refractivity contribution in [1.82, 2.24) is 19.4 Å². The minimum Gasteiger partial charge on any atom is -0.372 e. The van der Waals surface area contributed by atoms with Crippen LogP contribution in [0, 0.1) is 5.41 Å². The number of amides is 2. The Morgan fingerprint density at radius 2 is 2.00 bits per heavy atom. The lowest BCUT2D eigenvalue weighted by Gasteiger charge is -2.42. The lowest BCUT2D eigenvalue weighted by molar-refractivity contribution is -0.132. The Morgan fingerprint density at radius 3 is 2.59 bits per heavy atom. The maximum atomic E-state index is 12.6. The molecule has 150 valence electrons. The van der Waals surface area contributed by atoms with E-state index in [0.717, 1.165) is 25.8 Å². The number of rotatable bonds is 3. The van der Waals surface area contributed by atoms with Gasteiger partial charge in [-0.1, -0.05) is 20.8 Å². The van der Waals surface area contributed by atoms with E-state index in [1.807, 2.05) is 16.8 Å². The topological polar surface area (TPSA) is 67.7 Å². The number of carbonyl (C=O) groups excluding carboxylic acids is 2. The number of hydrogen-bond acceptors (Lipinski definition) is 4. The van der Waals surface area contributed by atoms with Gasteiger partial charge in [0.05, 0.1) is 25.0 Å². The van der Waals surface area contributed by atoms with Gasteiger partial charge in [0.1, 0.15) is 5.69 Å². The highest BCUT2D eigenvalue weighted by atomic mass is 16.5. The molecule has 3 heterocycles. The number of nitrogens with zero attached hydrogens (tertiary/aromatic N) is 4. The largest absolute Gasteiger partial charge is 0.372 e. The predicted molar refractivity (Wildman–Crippen MR) is 102 cm³/mol. The van der Waals surface area contributed by atoms with E-state index in [1.54, 1.807) is 17.1 Å². The van der Waals surface area contributed by atoms with Gasteiger partial charge in [-0.15, -0.1) is 0 Å². The molecule has 3 rings (SSSR count). The Balaban J connectivity index is 1.62. The van der Waals surface area contributed by atoms with E-state index in [0.29, 0.717) is 38.4 Å². The summed E-state index contributed by atoms with van der Waals surface area (Å²) in [6.45, 7) is 9.74. The van der Waals surface area contributed by atoms with E-state index in [9.17, 15) is 9.59 Å². The Labute approximate surface area is 161 Å². The average molecular weight is 377 g/mol. The molecule has 2 aliphatic heterocycles. The third-order valence-electron chi connectivity index (χ3n) is 5.57. The number of carbonyl (C=O) groups is 2. The fourth-order valence-electron chi connectivity index (χ4n) is 3.77.